The molecule has 0 atom stereocenters. The van der Waals surface area contributed by atoms with E-state index in [0.29, 0.717) is 56.6 Å². The summed E-state index contributed by atoms with van der Waals surface area (Å²) in [5.41, 5.74) is 21.7. The summed E-state index contributed by atoms with van der Waals surface area (Å²) in [6, 6.07) is 0. The van der Waals surface area contributed by atoms with Crippen molar-refractivity contribution in [3.05, 3.63) is 0 Å². The predicted octanol–water partition coefficient (Wildman–Crippen LogP) is -2.60. The van der Waals surface area contributed by atoms with Gasteiger partial charge < -0.3 is 0 Å². The molecule has 0 radical (unpaired) electrons. The number of rotatable bonds is 14. The van der Waals surface area contributed by atoms with Gasteiger partial charge in [-0.1, -0.05) is 0 Å². The molecule has 0 amide bonds. The quantitative estimate of drug-likeness (QED) is 0.231. The van der Waals surface area contributed by atoms with Gasteiger partial charge in [0, 0.05) is 0 Å². The van der Waals surface area contributed by atoms with Crippen LogP contribution in [0.15, 0.2) is 0 Å². The zero-order valence-corrected chi connectivity index (χ0v) is 15.0. The third-order valence-electron chi connectivity index (χ3n) is 1.64. The molecule has 0 saturated carbocycles. The first-order chi connectivity index (χ1) is 9.28. The standard InChI is InChI=1S/C9H26As2N4O4/c12-1-5-16-10(17-6-2-13)9-11(18-7-3-14)19-8-4-15/h1-9,12-15H2. The van der Waals surface area contributed by atoms with Crippen molar-refractivity contribution in [2.45, 2.75) is 4.00 Å². The Morgan fingerprint density at radius 3 is 1.00 bits per heavy atom. The monoisotopic (exact) mass is 404 g/mol. The van der Waals surface area contributed by atoms with Gasteiger partial charge in [0.25, 0.3) is 0 Å². The van der Waals surface area contributed by atoms with Crippen molar-refractivity contribution >= 4 is 30.7 Å². The van der Waals surface area contributed by atoms with Gasteiger partial charge in [-0.25, -0.2) is 0 Å². The summed E-state index contributed by atoms with van der Waals surface area (Å²) in [4.78, 5) is 0. The Hall–Kier alpha value is 0.797. The zero-order valence-electron chi connectivity index (χ0n) is 11.2. The van der Waals surface area contributed by atoms with E-state index in [1.165, 1.54) is 0 Å². The minimum atomic E-state index is -1.91. The maximum atomic E-state index is 5.64. The van der Waals surface area contributed by atoms with Crippen LogP contribution in [-0.4, -0.2) is 83.3 Å². The molecule has 0 rings (SSSR count). The van der Waals surface area contributed by atoms with Crippen molar-refractivity contribution in [2.24, 2.45) is 22.9 Å². The Balaban J connectivity index is 4.16. The summed E-state index contributed by atoms with van der Waals surface area (Å²) in [5.74, 6) is 0. The molecule has 19 heavy (non-hydrogen) atoms. The molecular formula is C9H26As2N4O4. The second-order valence-electron chi connectivity index (χ2n) is 3.29. The van der Waals surface area contributed by atoms with Gasteiger partial charge in [0.15, 0.2) is 0 Å². The average Bonchev–Trinajstić information content (AvgIpc) is 2.44. The summed E-state index contributed by atoms with van der Waals surface area (Å²) in [7, 11) is 0. The van der Waals surface area contributed by atoms with E-state index in [4.69, 9.17) is 37.8 Å². The van der Waals surface area contributed by atoms with Crippen molar-refractivity contribution in [1.29, 1.82) is 0 Å². The van der Waals surface area contributed by atoms with Crippen LogP contribution in [0.1, 0.15) is 0 Å². The van der Waals surface area contributed by atoms with E-state index in [-0.39, 0.29) is 0 Å². The van der Waals surface area contributed by atoms with Crippen LogP contribution in [-0.2, 0) is 14.9 Å². The molecule has 8 N–H and O–H groups in total. The van der Waals surface area contributed by atoms with Gasteiger partial charge in [-0.15, -0.1) is 0 Å². The molecule has 8 nitrogen and oxygen atoms in total. The summed E-state index contributed by atoms with van der Waals surface area (Å²) in [5, 5.41) is 0. The van der Waals surface area contributed by atoms with Crippen LogP contribution >= 0.6 is 0 Å². The van der Waals surface area contributed by atoms with Crippen molar-refractivity contribution in [1.82, 2.24) is 0 Å². The Kier molecular flexibility index (Phi) is 15.8. The summed E-state index contributed by atoms with van der Waals surface area (Å²) >= 11 is -3.82. The van der Waals surface area contributed by atoms with Crippen LogP contribution in [0.5, 0.6) is 0 Å². The Bertz CT molecular complexity index is 162. The first-order valence-corrected chi connectivity index (χ1v) is 11.9. The van der Waals surface area contributed by atoms with Gasteiger partial charge in [-0.2, -0.15) is 0 Å². The second-order valence-corrected chi connectivity index (χ2v) is 11.9. The van der Waals surface area contributed by atoms with Crippen LogP contribution in [0, 0.1) is 0 Å². The van der Waals surface area contributed by atoms with Gasteiger partial charge in [-0.3, -0.25) is 0 Å². The van der Waals surface area contributed by atoms with Crippen molar-refractivity contribution < 1.29 is 14.9 Å². The fraction of sp³-hybridized carbons (Fsp3) is 1.00. The van der Waals surface area contributed by atoms with Crippen LogP contribution in [0.25, 0.3) is 0 Å². The van der Waals surface area contributed by atoms with E-state index in [1.807, 2.05) is 0 Å². The van der Waals surface area contributed by atoms with Gasteiger partial charge >= 0.3 is 125 Å². The van der Waals surface area contributed by atoms with Gasteiger partial charge in [0.1, 0.15) is 0 Å². The molecule has 0 aromatic heterocycles. The summed E-state index contributed by atoms with van der Waals surface area (Å²) in [6.45, 7) is 3.83. The Labute approximate surface area is 125 Å². The molecule has 0 aromatic rings. The molecule has 0 spiro atoms. The number of hydrogen-bond acceptors (Lipinski definition) is 8. The molecule has 0 bridgehead atoms. The molecule has 0 unspecified atom stereocenters. The Morgan fingerprint density at radius 1 is 0.526 bits per heavy atom. The number of hydrogen-bond donors (Lipinski definition) is 4. The van der Waals surface area contributed by atoms with Crippen molar-refractivity contribution in [3.8, 4) is 0 Å². The topological polar surface area (TPSA) is 141 Å². The average molecular weight is 404 g/mol. The van der Waals surface area contributed by atoms with E-state index >= 15 is 0 Å². The van der Waals surface area contributed by atoms with E-state index in [0.717, 1.165) is 0 Å². The van der Waals surface area contributed by atoms with Gasteiger partial charge in [-0.05, 0) is 0 Å². The van der Waals surface area contributed by atoms with Crippen LogP contribution in [0.3, 0.4) is 0 Å². The Morgan fingerprint density at radius 2 is 0.789 bits per heavy atom. The molecule has 0 fully saturated rings. The van der Waals surface area contributed by atoms with Crippen LogP contribution < -0.4 is 22.9 Å². The van der Waals surface area contributed by atoms with Gasteiger partial charge in [0.05, 0.1) is 0 Å². The minimum absolute atomic E-state index is 0.470. The first kappa shape index (κ1) is 19.8. The van der Waals surface area contributed by atoms with E-state index in [2.05, 4.69) is 0 Å². The van der Waals surface area contributed by atoms with Crippen molar-refractivity contribution in [3.63, 3.8) is 0 Å². The molecule has 0 heterocycles. The third kappa shape index (κ3) is 12.3. The molecule has 0 aliphatic carbocycles. The molecule has 0 aliphatic rings. The van der Waals surface area contributed by atoms with Crippen LogP contribution in [0.2, 0.25) is 4.00 Å². The molecule has 0 aromatic carbocycles. The summed E-state index contributed by atoms with van der Waals surface area (Å²) in [6.07, 6.45) is 0. The predicted molar refractivity (Wildman–Crippen MR) is 76.3 cm³/mol. The maximum absolute atomic E-state index is 5.64. The molecule has 0 saturated heterocycles. The van der Waals surface area contributed by atoms with E-state index in [9.17, 15) is 0 Å². The molecule has 116 valence electrons. The van der Waals surface area contributed by atoms with Crippen LogP contribution in [0.4, 0.5) is 0 Å². The SMILES string of the molecule is NCCO[As](C[As](OCCN)OCCN)OCCN. The van der Waals surface area contributed by atoms with E-state index in [1.54, 1.807) is 0 Å². The third-order valence-corrected chi connectivity index (χ3v) is 11.6. The summed E-state index contributed by atoms with van der Waals surface area (Å²) < 4.78 is 23.3. The fourth-order valence-corrected chi connectivity index (χ4v) is 10.6. The second kappa shape index (κ2) is 15.2. The molecular weight excluding hydrogens is 378 g/mol. The zero-order chi connectivity index (χ0) is 14.3. The van der Waals surface area contributed by atoms with Gasteiger partial charge in [0.2, 0.25) is 0 Å². The van der Waals surface area contributed by atoms with Crippen molar-refractivity contribution in [2.75, 3.05) is 52.6 Å². The first-order valence-electron chi connectivity index (χ1n) is 6.15. The molecule has 10 heteroatoms. The fourth-order valence-electron chi connectivity index (χ4n) is 0.950. The van der Waals surface area contributed by atoms with E-state index < -0.39 is 30.7 Å². The number of nitrogens with two attached hydrogens (primary N) is 4. The molecule has 0 aliphatic heterocycles. The normalized spacial score (nSPS) is 11.7.